The van der Waals surface area contributed by atoms with Crippen LogP contribution in [0.5, 0.6) is 0 Å². The van der Waals surface area contributed by atoms with E-state index in [1.165, 1.54) is 11.3 Å². The van der Waals surface area contributed by atoms with Crippen molar-refractivity contribution < 1.29 is 14.3 Å². The fourth-order valence-corrected chi connectivity index (χ4v) is 3.17. The average Bonchev–Trinajstić information content (AvgIpc) is 3.22. The number of hydrogen-bond donors (Lipinski definition) is 2. The quantitative estimate of drug-likeness (QED) is 0.761. The van der Waals surface area contributed by atoms with E-state index in [2.05, 4.69) is 15.7 Å². The van der Waals surface area contributed by atoms with Gasteiger partial charge in [0.2, 0.25) is 0 Å². The number of rotatable bonds is 6. The van der Waals surface area contributed by atoms with Crippen molar-refractivity contribution in [2.24, 2.45) is 0 Å². The number of nitrogens with one attached hydrogen (secondary N) is 2. The average molecular weight is 334 g/mol. The number of hydrogen-bond acceptors (Lipinski definition) is 5. The molecule has 0 unspecified atom stereocenters. The molecule has 0 radical (unpaired) electrons. The van der Waals surface area contributed by atoms with Crippen molar-refractivity contribution in [1.29, 1.82) is 0 Å². The van der Waals surface area contributed by atoms with Gasteiger partial charge in [-0.05, 0) is 17.5 Å². The predicted molar refractivity (Wildman–Crippen MR) is 85.7 cm³/mol. The molecule has 7 nitrogen and oxygen atoms in total. The lowest BCUT2D eigenvalue weighted by Gasteiger charge is -2.10. The molecule has 0 aromatic carbocycles. The number of nitrogens with zero attached hydrogens (tertiary/aromatic N) is 2. The minimum absolute atomic E-state index is 0.00972. The SMILES string of the molecule is COCCNC(=O)c1cc2n(n1)C[C@@H](NC(=O)c1ccsc1)C2. The molecule has 0 fully saturated rings. The number of amides is 2. The van der Waals surface area contributed by atoms with Crippen LogP contribution >= 0.6 is 11.3 Å². The van der Waals surface area contributed by atoms with Crippen LogP contribution in [0.2, 0.25) is 0 Å². The summed E-state index contributed by atoms with van der Waals surface area (Å²) in [6.45, 7) is 1.50. The molecule has 1 aliphatic rings. The van der Waals surface area contributed by atoms with Gasteiger partial charge in [0, 0.05) is 36.7 Å². The second-order valence-corrected chi connectivity index (χ2v) is 6.12. The van der Waals surface area contributed by atoms with Gasteiger partial charge in [0.15, 0.2) is 0 Å². The fourth-order valence-electron chi connectivity index (χ4n) is 2.53. The van der Waals surface area contributed by atoms with Gasteiger partial charge >= 0.3 is 0 Å². The third-order valence-corrected chi connectivity index (χ3v) is 4.34. The maximum absolute atomic E-state index is 12.0. The molecule has 2 N–H and O–H groups in total. The first-order valence-electron chi connectivity index (χ1n) is 7.34. The first kappa shape index (κ1) is 15.7. The summed E-state index contributed by atoms with van der Waals surface area (Å²) in [4.78, 5) is 24.0. The summed E-state index contributed by atoms with van der Waals surface area (Å²) in [5.41, 5.74) is 2.04. The number of fused-ring (bicyclic) bond motifs is 1. The topological polar surface area (TPSA) is 85.2 Å². The summed E-state index contributed by atoms with van der Waals surface area (Å²) in [6, 6.07) is 3.59. The van der Waals surface area contributed by atoms with Crippen LogP contribution in [0.15, 0.2) is 22.9 Å². The van der Waals surface area contributed by atoms with Crippen molar-refractivity contribution in [2.45, 2.75) is 19.0 Å². The number of carbonyl (C=O) groups excluding carboxylic acids is 2. The molecular formula is C15H18N4O3S. The Kier molecular flexibility index (Phi) is 4.73. The van der Waals surface area contributed by atoms with E-state index in [0.717, 1.165) is 5.69 Å². The van der Waals surface area contributed by atoms with Crippen molar-refractivity contribution >= 4 is 23.2 Å². The molecular weight excluding hydrogens is 316 g/mol. The number of ether oxygens (including phenoxy) is 1. The number of thiophene rings is 1. The summed E-state index contributed by atoms with van der Waals surface area (Å²) >= 11 is 1.50. The lowest BCUT2D eigenvalue weighted by Crippen LogP contribution is -2.36. The molecule has 2 amide bonds. The second-order valence-electron chi connectivity index (χ2n) is 5.34. The lowest BCUT2D eigenvalue weighted by atomic mass is 10.2. The maximum atomic E-state index is 12.0. The minimum Gasteiger partial charge on any atom is -0.383 e. The molecule has 0 saturated heterocycles. The molecule has 23 heavy (non-hydrogen) atoms. The largest absolute Gasteiger partial charge is 0.383 e. The zero-order chi connectivity index (χ0) is 16.2. The van der Waals surface area contributed by atoms with E-state index < -0.39 is 0 Å². The Morgan fingerprint density at radius 1 is 1.48 bits per heavy atom. The van der Waals surface area contributed by atoms with E-state index in [-0.39, 0.29) is 17.9 Å². The summed E-state index contributed by atoms with van der Waals surface area (Å²) in [5.74, 6) is -0.276. The van der Waals surface area contributed by atoms with Crippen LogP contribution in [-0.2, 0) is 17.7 Å². The molecule has 0 bridgehead atoms. The summed E-state index contributed by atoms with van der Waals surface area (Å²) < 4.78 is 6.67. The van der Waals surface area contributed by atoms with Crippen LogP contribution in [0.1, 0.15) is 26.5 Å². The monoisotopic (exact) mass is 334 g/mol. The third kappa shape index (κ3) is 3.59. The van der Waals surface area contributed by atoms with Gasteiger partial charge in [-0.2, -0.15) is 16.4 Å². The van der Waals surface area contributed by atoms with Gasteiger partial charge in [0.1, 0.15) is 5.69 Å². The molecule has 8 heteroatoms. The zero-order valence-electron chi connectivity index (χ0n) is 12.7. The van der Waals surface area contributed by atoms with Crippen molar-refractivity contribution in [3.05, 3.63) is 39.8 Å². The van der Waals surface area contributed by atoms with Crippen LogP contribution in [0, 0.1) is 0 Å². The van der Waals surface area contributed by atoms with Crippen LogP contribution in [0.3, 0.4) is 0 Å². The molecule has 1 aliphatic heterocycles. The second kappa shape index (κ2) is 6.93. The Labute approximate surface area is 137 Å². The molecule has 0 spiro atoms. The van der Waals surface area contributed by atoms with Crippen molar-refractivity contribution in [3.63, 3.8) is 0 Å². The van der Waals surface area contributed by atoms with Gasteiger partial charge in [0.25, 0.3) is 11.8 Å². The van der Waals surface area contributed by atoms with Crippen molar-refractivity contribution in [1.82, 2.24) is 20.4 Å². The Morgan fingerprint density at radius 3 is 3.04 bits per heavy atom. The third-order valence-electron chi connectivity index (χ3n) is 3.66. The van der Waals surface area contributed by atoms with Crippen LogP contribution in [0.25, 0.3) is 0 Å². The molecule has 2 aromatic heterocycles. The van der Waals surface area contributed by atoms with Gasteiger partial charge in [-0.3, -0.25) is 14.3 Å². The van der Waals surface area contributed by atoms with Crippen LogP contribution in [0.4, 0.5) is 0 Å². The van der Waals surface area contributed by atoms with E-state index in [0.29, 0.717) is 37.4 Å². The van der Waals surface area contributed by atoms with Crippen LogP contribution < -0.4 is 10.6 Å². The smallest absolute Gasteiger partial charge is 0.271 e. The summed E-state index contributed by atoms with van der Waals surface area (Å²) in [7, 11) is 1.59. The first-order chi connectivity index (χ1) is 11.2. The maximum Gasteiger partial charge on any atom is 0.271 e. The van der Waals surface area contributed by atoms with Gasteiger partial charge in [-0.25, -0.2) is 0 Å². The molecule has 122 valence electrons. The van der Waals surface area contributed by atoms with Gasteiger partial charge in [-0.15, -0.1) is 0 Å². The Bertz CT molecular complexity index is 672. The molecule has 1 atom stereocenters. The van der Waals surface area contributed by atoms with Gasteiger partial charge in [0.05, 0.1) is 19.2 Å². The molecule has 3 rings (SSSR count). The molecule has 0 saturated carbocycles. The predicted octanol–water partition coefficient (Wildman–Crippen LogP) is 0.675. The van der Waals surface area contributed by atoms with Gasteiger partial charge < -0.3 is 15.4 Å². The zero-order valence-corrected chi connectivity index (χ0v) is 13.6. The number of methoxy groups -OCH3 is 1. The van der Waals surface area contributed by atoms with E-state index >= 15 is 0 Å². The standard InChI is InChI=1S/C15H18N4O3S/c1-22-4-3-16-15(21)13-7-12-6-11(8-19(12)18-13)17-14(20)10-2-5-23-9-10/h2,5,7,9,11H,3-4,6,8H2,1H3,(H,16,21)(H,17,20)/t11-/m0/s1. The Balaban J connectivity index is 1.55. The van der Waals surface area contributed by atoms with E-state index in [1.54, 1.807) is 23.9 Å². The Morgan fingerprint density at radius 2 is 2.35 bits per heavy atom. The summed E-state index contributed by atoms with van der Waals surface area (Å²) in [5, 5.41) is 13.7. The molecule has 2 aromatic rings. The molecule has 3 heterocycles. The number of aromatic nitrogens is 2. The van der Waals surface area contributed by atoms with Gasteiger partial charge in [-0.1, -0.05) is 0 Å². The Hall–Kier alpha value is -2.19. The van der Waals surface area contributed by atoms with E-state index in [1.807, 2.05) is 10.8 Å². The minimum atomic E-state index is -0.206. The fraction of sp³-hybridized carbons (Fsp3) is 0.400. The normalized spacial score (nSPS) is 16.1. The van der Waals surface area contributed by atoms with Crippen LogP contribution in [-0.4, -0.2) is 47.9 Å². The highest BCUT2D eigenvalue weighted by atomic mass is 32.1. The highest BCUT2D eigenvalue weighted by Gasteiger charge is 2.26. The highest BCUT2D eigenvalue weighted by Crippen LogP contribution is 2.17. The molecule has 0 aliphatic carbocycles. The first-order valence-corrected chi connectivity index (χ1v) is 8.28. The highest BCUT2D eigenvalue weighted by molar-refractivity contribution is 7.08. The lowest BCUT2D eigenvalue weighted by molar-refractivity contribution is 0.0921. The summed E-state index contributed by atoms with van der Waals surface area (Å²) in [6.07, 6.45) is 0.675. The number of carbonyl (C=O) groups is 2. The van der Waals surface area contributed by atoms with E-state index in [9.17, 15) is 9.59 Å². The van der Waals surface area contributed by atoms with Crippen molar-refractivity contribution in [2.75, 3.05) is 20.3 Å². The van der Waals surface area contributed by atoms with Crippen molar-refractivity contribution in [3.8, 4) is 0 Å². The van der Waals surface area contributed by atoms with E-state index in [4.69, 9.17) is 4.74 Å².